The van der Waals surface area contributed by atoms with Gasteiger partial charge in [0, 0.05) is 14.1 Å². The average Bonchev–Trinajstić information content (AvgIpc) is 2.11. The maximum atomic E-state index is 10.9. The molecule has 74 valence electrons. The maximum absolute atomic E-state index is 10.9. The third-order valence-corrected chi connectivity index (χ3v) is 1.27. The van der Waals surface area contributed by atoms with Crippen molar-refractivity contribution < 1.29 is 19.1 Å². The summed E-state index contributed by atoms with van der Waals surface area (Å²) < 4.78 is 4.13. The van der Waals surface area contributed by atoms with E-state index in [-0.39, 0.29) is 12.5 Å². The summed E-state index contributed by atoms with van der Waals surface area (Å²) >= 11 is 0. The molecule has 2 amide bonds. The molecule has 0 spiro atoms. The van der Waals surface area contributed by atoms with E-state index in [1.807, 2.05) is 0 Å². The minimum atomic E-state index is -1.01. The van der Waals surface area contributed by atoms with Crippen LogP contribution in [0, 0.1) is 0 Å². The van der Waals surface area contributed by atoms with Gasteiger partial charge in [0.25, 0.3) is 0 Å². The molecule has 6 heteroatoms. The first-order valence-electron chi connectivity index (χ1n) is 3.55. The zero-order chi connectivity index (χ0) is 10.4. The number of carbonyl (C=O) groups is 3. The Morgan fingerprint density at radius 3 is 2.23 bits per heavy atom. The minimum absolute atomic E-state index is 0.207. The number of rotatable bonds is 2. The number of methoxy groups -OCH3 is 1. The van der Waals surface area contributed by atoms with E-state index in [0.717, 1.165) is 7.11 Å². The van der Waals surface area contributed by atoms with Crippen LogP contribution in [0.2, 0.25) is 0 Å². The Kier molecular flexibility index (Phi) is 4.50. The molecule has 0 heterocycles. The highest BCUT2D eigenvalue weighted by Crippen LogP contribution is 1.78. The fourth-order valence-corrected chi connectivity index (χ4v) is 0.479. The summed E-state index contributed by atoms with van der Waals surface area (Å²) in [7, 11) is 4.19. The zero-order valence-electron chi connectivity index (χ0n) is 7.79. The van der Waals surface area contributed by atoms with Gasteiger partial charge in [-0.15, -0.1) is 0 Å². The van der Waals surface area contributed by atoms with Gasteiger partial charge in [-0.25, -0.2) is 4.79 Å². The molecule has 0 fully saturated rings. The first-order chi connectivity index (χ1) is 5.99. The van der Waals surface area contributed by atoms with Crippen LogP contribution in [0.3, 0.4) is 0 Å². The average molecular weight is 188 g/mol. The lowest BCUT2D eigenvalue weighted by Crippen LogP contribution is -2.39. The van der Waals surface area contributed by atoms with Crippen molar-refractivity contribution in [1.29, 1.82) is 0 Å². The number of ether oxygens (including phenoxy) is 1. The van der Waals surface area contributed by atoms with Crippen LogP contribution in [-0.4, -0.2) is 50.4 Å². The molecular weight excluding hydrogens is 176 g/mol. The van der Waals surface area contributed by atoms with E-state index >= 15 is 0 Å². The SMILES string of the molecule is COC(=O)C(=O)NCC(=O)N(C)C. The number of carbonyl (C=O) groups excluding carboxylic acids is 3. The predicted molar refractivity (Wildman–Crippen MR) is 43.7 cm³/mol. The van der Waals surface area contributed by atoms with Gasteiger partial charge in [0.05, 0.1) is 13.7 Å². The highest BCUT2D eigenvalue weighted by atomic mass is 16.5. The van der Waals surface area contributed by atoms with Gasteiger partial charge in [-0.3, -0.25) is 9.59 Å². The summed E-state index contributed by atoms with van der Waals surface area (Å²) in [6.45, 7) is -0.207. The van der Waals surface area contributed by atoms with Gasteiger partial charge in [0.2, 0.25) is 5.91 Å². The molecule has 0 aliphatic rings. The van der Waals surface area contributed by atoms with E-state index in [1.165, 1.54) is 4.90 Å². The number of hydrogen-bond donors (Lipinski definition) is 1. The van der Waals surface area contributed by atoms with Crippen molar-refractivity contribution in [2.24, 2.45) is 0 Å². The van der Waals surface area contributed by atoms with Crippen molar-refractivity contribution in [3.05, 3.63) is 0 Å². The van der Waals surface area contributed by atoms with E-state index < -0.39 is 11.9 Å². The Labute approximate surface area is 75.8 Å². The van der Waals surface area contributed by atoms with Gasteiger partial charge in [-0.05, 0) is 0 Å². The second-order valence-electron chi connectivity index (χ2n) is 2.46. The van der Waals surface area contributed by atoms with Crippen molar-refractivity contribution in [3.8, 4) is 0 Å². The van der Waals surface area contributed by atoms with Crippen LogP contribution < -0.4 is 5.32 Å². The number of nitrogens with one attached hydrogen (secondary N) is 1. The fourth-order valence-electron chi connectivity index (χ4n) is 0.479. The van der Waals surface area contributed by atoms with Crippen LogP contribution in [0.15, 0.2) is 0 Å². The van der Waals surface area contributed by atoms with Gasteiger partial charge in [0.15, 0.2) is 0 Å². The third kappa shape index (κ3) is 4.09. The fraction of sp³-hybridized carbons (Fsp3) is 0.571. The summed E-state index contributed by atoms with van der Waals surface area (Å²) in [5.74, 6) is -2.22. The van der Waals surface area contributed by atoms with Crippen molar-refractivity contribution in [2.75, 3.05) is 27.7 Å². The van der Waals surface area contributed by atoms with Crippen LogP contribution in [0.1, 0.15) is 0 Å². The summed E-state index contributed by atoms with van der Waals surface area (Å²) in [6, 6.07) is 0. The molecule has 0 bridgehead atoms. The Morgan fingerprint density at radius 2 is 1.85 bits per heavy atom. The molecule has 13 heavy (non-hydrogen) atoms. The molecule has 0 aromatic carbocycles. The minimum Gasteiger partial charge on any atom is -0.462 e. The van der Waals surface area contributed by atoms with Crippen LogP contribution in [0.5, 0.6) is 0 Å². The van der Waals surface area contributed by atoms with Crippen LogP contribution >= 0.6 is 0 Å². The standard InChI is InChI=1S/C7H12N2O4/c1-9(2)5(10)4-8-6(11)7(12)13-3/h4H2,1-3H3,(H,8,11). The molecule has 6 nitrogen and oxygen atoms in total. The molecule has 0 unspecified atom stereocenters. The normalized spacial score (nSPS) is 8.85. The monoisotopic (exact) mass is 188 g/mol. The molecule has 0 saturated heterocycles. The summed E-state index contributed by atoms with van der Waals surface area (Å²) in [5, 5.41) is 2.11. The van der Waals surface area contributed by atoms with E-state index in [0.29, 0.717) is 0 Å². The molecular formula is C7H12N2O4. The molecule has 0 aromatic rings. The number of esters is 1. The van der Waals surface area contributed by atoms with E-state index in [2.05, 4.69) is 10.1 Å². The maximum Gasteiger partial charge on any atom is 0.396 e. The van der Waals surface area contributed by atoms with E-state index in [4.69, 9.17) is 0 Å². The largest absolute Gasteiger partial charge is 0.462 e. The zero-order valence-corrected chi connectivity index (χ0v) is 7.79. The molecule has 0 atom stereocenters. The van der Waals surface area contributed by atoms with Crippen LogP contribution in [0.25, 0.3) is 0 Å². The van der Waals surface area contributed by atoms with Crippen molar-refractivity contribution in [1.82, 2.24) is 10.2 Å². The Hall–Kier alpha value is -1.59. The quantitative estimate of drug-likeness (QED) is 0.416. The van der Waals surface area contributed by atoms with E-state index in [9.17, 15) is 14.4 Å². The van der Waals surface area contributed by atoms with Gasteiger partial charge in [0.1, 0.15) is 0 Å². The summed E-state index contributed by atoms with van der Waals surface area (Å²) in [6.07, 6.45) is 0. The van der Waals surface area contributed by atoms with Crippen molar-refractivity contribution in [3.63, 3.8) is 0 Å². The first kappa shape index (κ1) is 11.4. The molecule has 0 radical (unpaired) electrons. The van der Waals surface area contributed by atoms with Gasteiger partial charge < -0.3 is 15.0 Å². The third-order valence-electron chi connectivity index (χ3n) is 1.27. The molecule has 1 N–H and O–H groups in total. The molecule has 0 rings (SSSR count). The Bertz CT molecular complexity index is 225. The summed E-state index contributed by atoms with van der Waals surface area (Å²) in [4.78, 5) is 33.5. The molecule has 0 aliphatic heterocycles. The van der Waals surface area contributed by atoms with Crippen LogP contribution in [0.4, 0.5) is 0 Å². The number of hydrogen-bond acceptors (Lipinski definition) is 4. The highest BCUT2D eigenvalue weighted by molar-refractivity contribution is 6.32. The Balaban J connectivity index is 3.84. The molecule has 0 saturated carbocycles. The lowest BCUT2D eigenvalue weighted by atomic mass is 10.5. The first-order valence-corrected chi connectivity index (χ1v) is 3.55. The van der Waals surface area contributed by atoms with Crippen molar-refractivity contribution in [2.45, 2.75) is 0 Å². The van der Waals surface area contributed by atoms with Gasteiger partial charge in [-0.2, -0.15) is 0 Å². The number of nitrogens with zero attached hydrogens (tertiary/aromatic N) is 1. The van der Waals surface area contributed by atoms with E-state index in [1.54, 1.807) is 14.1 Å². The lowest BCUT2D eigenvalue weighted by Gasteiger charge is -2.09. The number of likely N-dealkylation sites (N-methyl/N-ethyl adjacent to an activating group) is 1. The smallest absolute Gasteiger partial charge is 0.396 e. The molecule has 0 aliphatic carbocycles. The van der Waals surface area contributed by atoms with Gasteiger partial charge >= 0.3 is 11.9 Å². The topological polar surface area (TPSA) is 75.7 Å². The predicted octanol–water partition coefficient (Wildman–Crippen LogP) is -1.64. The lowest BCUT2D eigenvalue weighted by molar-refractivity contribution is -0.153. The molecule has 0 aromatic heterocycles. The Morgan fingerprint density at radius 1 is 1.31 bits per heavy atom. The van der Waals surface area contributed by atoms with Crippen molar-refractivity contribution >= 4 is 17.8 Å². The number of amides is 2. The summed E-state index contributed by atoms with van der Waals surface area (Å²) in [5.41, 5.74) is 0. The highest BCUT2D eigenvalue weighted by Gasteiger charge is 2.14. The second kappa shape index (κ2) is 5.13. The van der Waals surface area contributed by atoms with Gasteiger partial charge in [-0.1, -0.05) is 0 Å². The second-order valence-corrected chi connectivity index (χ2v) is 2.46. The van der Waals surface area contributed by atoms with Crippen LogP contribution in [-0.2, 0) is 19.1 Å².